The number of amides is 1. The van der Waals surface area contributed by atoms with Crippen LogP contribution in [0.15, 0.2) is 34.9 Å². The number of hydrogen-bond donors (Lipinski definition) is 1. The van der Waals surface area contributed by atoms with Crippen molar-refractivity contribution in [2.24, 2.45) is 0 Å². The fourth-order valence-corrected chi connectivity index (χ4v) is 3.21. The topological polar surface area (TPSA) is 66.6 Å². The van der Waals surface area contributed by atoms with E-state index in [9.17, 15) is 9.90 Å². The highest BCUT2D eigenvalue weighted by molar-refractivity contribution is 5.93. The Morgan fingerprint density at radius 2 is 1.91 bits per heavy atom. The van der Waals surface area contributed by atoms with Crippen LogP contribution in [0.5, 0.6) is 0 Å². The molecule has 1 aliphatic rings. The van der Waals surface area contributed by atoms with Crippen molar-refractivity contribution < 1.29 is 14.4 Å². The van der Waals surface area contributed by atoms with Crippen molar-refractivity contribution in [3.8, 4) is 11.3 Å². The number of benzene rings is 1. The number of aryl methyl sites for hydroxylation is 1. The van der Waals surface area contributed by atoms with Gasteiger partial charge in [0, 0.05) is 11.6 Å². The van der Waals surface area contributed by atoms with Gasteiger partial charge in [0.25, 0.3) is 0 Å². The van der Waals surface area contributed by atoms with Gasteiger partial charge in [-0.1, -0.05) is 54.8 Å². The van der Waals surface area contributed by atoms with E-state index < -0.39 is 6.09 Å². The van der Waals surface area contributed by atoms with Gasteiger partial charge in [0.1, 0.15) is 11.4 Å². The summed E-state index contributed by atoms with van der Waals surface area (Å²) in [7, 11) is 0. The Balaban J connectivity index is 2.04. The van der Waals surface area contributed by atoms with E-state index in [0.717, 1.165) is 31.2 Å². The molecule has 5 nitrogen and oxygen atoms in total. The first-order valence-corrected chi connectivity index (χ1v) is 7.72. The van der Waals surface area contributed by atoms with Crippen LogP contribution < -0.4 is 4.90 Å². The number of carboxylic acid groups (broad SMARTS) is 1. The maximum atomic E-state index is 11.9. The molecule has 3 rings (SSSR count). The molecule has 1 N–H and O–H groups in total. The minimum atomic E-state index is -0.935. The highest BCUT2D eigenvalue weighted by Gasteiger charge is 2.32. The fraction of sp³-hybridized carbons (Fsp3) is 0.412. The number of hydrogen-bond acceptors (Lipinski definition) is 3. The molecule has 22 heavy (non-hydrogen) atoms. The SMILES string of the molecule is Cc1onc(-c2ccccc2)c1N(C(=O)O)C1CCCCC1. The molecule has 5 heteroatoms. The van der Waals surface area contributed by atoms with Gasteiger partial charge in [0.05, 0.1) is 0 Å². The third-order valence-electron chi connectivity index (χ3n) is 4.27. The Labute approximate surface area is 129 Å². The van der Waals surface area contributed by atoms with Gasteiger partial charge in [-0.05, 0) is 19.8 Å². The molecule has 1 aromatic heterocycles. The predicted molar refractivity (Wildman–Crippen MR) is 84.1 cm³/mol. The molecular weight excluding hydrogens is 280 g/mol. The van der Waals surface area contributed by atoms with Gasteiger partial charge < -0.3 is 9.63 Å². The second-order valence-electron chi connectivity index (χ2n) is 5.75. The Hall–Kier alpha value is -2.30. The highest BCUT2D eigenvalue weighted by atomic mass is 16.5. The Bertz CT molecular complexity index is 645. The maximum absolute atomic E-state index is 11.9. The van der Waals surface area contributed by atoms with Crippen molar-refractivity contribution in [2.75, 3.05) is 4.90 Å². The van der Waals surface area contributed by atoms with Crippen LogP contribution in [0.1, 0.15) is 37.9 Å². The van der Waals surface area contributed by atoms with Gasteiger partial charge in [-0.2, -0.15) is 0 Å². The molecule has 0 bridgehead atoms. The molecule has 0 atom stereocenters. The summed E-state index contributed by atoms with van der Waals surface area (Å²) in [5.74, 6) is 0.548. The summed E-state index contributed by atoms with van der Waals surface area (Å²) in [4.78, 5) is 13.4. The lowest BCUT2D eigenvalue weighted by Crippen LogP contribution is -2.41. The molecule has 1 aromatic carbocycles. The lowest BCUT2D eigenvalue weighted by Gasteiger charge is -2.32. The zero-order chi connectivity index (χ0) is 15.5. The van der Waals surface area contributed by atoms with E-state index in [0.29, 0.717) is 17.1 Å². The van der Waals surface area contributed by atoms with E-state index in [2.05, 4.69) is 5.16 Å². The normalized spacial score (nSPS) is 15.7. The fourth-order valence-electron chi connectivity index (χ4n) is 3.21. The van der Waals surface area contributed by atoms with Crippen LogP contribution in [-0.2, 0) is 0 Å². The van der Waals surface area contributed by atoms with Crippen molar-refractivity contribution >= 4 is 11.8 Å². The molecule has 0 unspecified atom stereocenters. The molecule has 1 fully saturated rings. The smallest absolute Gasteiger partial charge is 0.412 e. The van der Waals surface area contributed by atoms with Gasteiger partial charge in [0.15, 0.2) is 5.76 Å². The number of rotatable bonds is 3. The second-order valence-corrected chi connectivity index (χ2v) is 5.75. The predicted octanol–water partition coefficient (Wildman–Crippen LogP) is 4.47. The first-order chi connectivity index (χ1) is 10.7. The molecule has 0 aliphatic heterocycles. The van der Waals surface area contributed by atoms with Gasteiger partial charge in [-0.3, -0.25) is 4.90 Å². The minimum absolute atomic E-state index is 0.00631. The minimum Gasteiger partial charge on any atom is -0.465 e. The Morgan fingerprint density at radius 3 is 2.55 bits per heavy atom. The third kappa shape index (κ3) is 2.71. The molecule has 1 saturated carbocycles. The van der Waals surface area contributed by atoms with Gasteiger partial charge >= 0.3 is 6.09 Å². The summed E-state index contributed by atoms with van der Waals surface area (Å²) in [5, 5.41) is 13.9. The van der Waals surface area contributed by atoms with Crippen LogP contribution >= 0.6 is 0 Å². The van der Waals surface area contributed by atoms with Gasteiger partial charge in [-0.15, -0.1) is 0 Å². The number of nitrogens with zero attached hydrogens (tertiary/aromatic N) is 2. The molecule has 0 radical (unpaired) electrons. The first kappa shape index (κ1) is 14.6. The average Bonchev–Trinajstić information content (AvgIpc) is 2.91. The van der Waals surface area contributed by atoms with Crippen molar-refractivity contribution in [1.82, 2.24) is 5.16 Å². The van der Waals surface area contributed by atoms with Gasteiger partial charge in [0.2, 0.25) is 0 Å². The van der Waals surface area contributed by atoms with E-state index in [4.69, 9.17) is 4.52 Å². The van der Waals surface area contributed by atoms with E-state index in [1.807, 2.05) is 30.3 Å². The largest absolute Gasteiger partial charge is 0.465 e. The monoisotopic (exact) mass is 300 g/mol. The van der Waals surface area contributed by atoms with Crippen LogP contribution in [-0.4, -0.2) is 22.4 Å². The van der Waals surface area contributed by atoms with Gasteiger partial charge in [-0.25, -0.2) is 4.79 Å². The summed E-state index contributed by atoms with van der Waals surface area (Å²) < 4.78 is 5.32. The quantitative estimate of drug-likeness (QED) is 0.908. The van der Waals surface area contributed by atoms with Crippen LogP contribution in [0.25, 0.3) is 11.3 Å². The van der Waals surface area contributed by atoms with Crippen LogP contribution in [0.2, 0.25) is 0 Å². The highest BCUT2D eigenvalue weighted by Crippen LogP contribution is 2.37. The summed E-state index contributed by atoms with van der Waals surface area (Å²) >= 11 is 0. The second kappa shape index (κ2) is 6.22. The average molecular weight is 300 g/mol. The van der Waals surface area contributed by atoms with E-state index in [-0.39, 0.29) is 6.04 Å². The zero-order valence-electron chi connectivity index (χ0n) is 12.7. The zero-order valence-corrected chi connectivity index (χ0v) is 12.7. The van der Waals surface area contributed by atoms with Crippen LogP contribution in [0, 0.1) is 6.92 Å². The van der Waals surface area contributed by atoms with Crippen molar-refractivity contribution in [3.05, 3.63) is 36.1 Å². The molecule has 2 aromatic rings. The third-order valence-corrected chi connectivity index (χ3v) is 4.27. The molecular formula is C17H20N2O3. The van der Waals surface area contributed by atoms with Crippen LogP contribution in [0.3, 0.4) is 0 Å². The standard InChI is InChI=1S/C17H20N2O3/c1-12-16(15(18-22-12)13-8-4-2-5-9-13)19(17(20)21)14-10-6-3-7-11-14/h2,4-5,8-9,14H,3,6-7,10-11H2,1H3,(H,20,21). The first-order valence-electron chi connectivity index (χ1n) is 7.72. The van der Waals surface area contributed by atoms with Crippen molar-refractivity contribution in [2.45, 2.75) is 45.1 Å². The number of aromatic nitrogens is 1. The Morgan fingerprint density at radius 1 is 1.23 bits per heavy atom. The number of carbonyl (C=O) groups is 1. The lowest BCUT2D eigenvalue weighted by atomic mass is 9.93. The van der Waals surface area contributed by atoms with Crippen molar-refractivity contribution in [1.29, 1.82) is 0 Å². The van der Waals surface area contributed by atoms with E-state index in [1.165, 1.54) is 11.3 Å². The maximum Gasteiger partial charge on any atom is 0.412 e. The summed E-state index contributed by atoms with van der Waals surface area (Å²) in [6.07, 6.45) is 4.17. The van der Waals surface area contributed by atoms with Crippen LogP contribution in [0.4, 0.5) is 10.5 Å². The molecule has 0 spiro atoms. The Kier molecular flexibility index (Phi) is 4.13. The summed E-state index contributed by atoms with van der Waals surface area (Å²) in [5.41, 5.74) is 2.06. The molecule has 0 saturated heterocycles. The van der Waals surface area contributed by atoms with E-state index >= 15 is 0 Å². The van der Waals surface area contributed by atoms with E-state index in [1.54, 1.807) is 6.92 Å². The number of anilines is 1. The lowest BCUT2D eigenvalue weighted by molar-refractivity contribution is 0.196. The molecule has 1 amide bonds. The summed E-state index contributed by atoms with van der Waals surface area (Å²) in [6.45, 7) is 1.77. The summed E-state index contributed by atoms with van der Waals surface area (Å²) in [6, 6.07) is 9.59. The van der Waals surface area contributed by atoms with Crippen molar-refractivity contribution in [3.63, 3.8) is 0 Å². The molecule has 1 aliphatic carbocycles. The molecule has 1 heterocycles. The molecule has 116 valence electrons.